The lowest BCUT2D eigenvalue weighted by Crippen LogP contribution is -2.45. The monoisotopic (exact) mass is 453 g/mol. The maximum Gasteiger partial charge on any atom is 0.313 e. The average molecular weight is 454 g/mol. The lowest BCUT2D eigenvalue weighted by Gasteiger charge is -2.38. The molecule has 2 saturated heterocycles. The molecule has 0 radical (unpaired) electrons. The molecule has 28 heavy (non-hydrogen) atoms. The van der Waals surface area contributed by atoms with Crippen LogP contribution >= 0.6 is 15.9 Å². The quantitative estimate of drug-likeness (QED) is 0.484. The van der Waals surface area contributed by atoms with Crippen molar-refractivity contribution in [1.29, 1.82) is 0 Å². The number of rotatable bonds is 4. The van der Waals surface area contributed by atoms with E-state index in [9.17, 15) is 4.79 Å². The minimum atomic E-state index is -2.19. The van der Waals surface area contributed by atoms with Crippen molar-refractivity contribution in [1.82, 2.24) is 4.90 Å². The normalized spacial score (nSPS) is 24.6. The van der Waals surface area contributed by atoms with Crippen LogP contribution in [0.4, 0.5) is 0 Å². The molecular weight excluding hydrogens is 430 g/mol. The van der Waals surface area contributed by atoms with Gasteiger partial charge in [0.15, 0.2) is 0 Å². The first kappa shape index (κ1) is 22.4. The van der Waals surface area contributed by atoms with Gasteiger partial charge in [-0.25, -0.2) is 0 Å². The standard InChI is InChI=1S/C18H24BrNO2.C2H2O4/c1-3-20-15-8-9-16(20)11-17(10-15)22-18(21)12(2)13-4-6-14(19)7-5-13;3-1(4)2(5)6/h4-7,12,15-17H,3,8-11H2,1-2H3;(H,3,4)(H,5,6)/p-2. The minimum Gasteiger partial charge on any atom is -0.543 e. The smallest absolute Gasteiger partial charge is 0.313 e. The fourth-order valence-electron chi connectivity index (χ4n) is 3.99. The Hall–Kier alpha value is -1.93. The molecule has 0 aromatic heterocycles. The molecule has 2 aliphatic heterocycles. The maximum absolute atomic E-state index is 12.4. The first-order valence-corrected chi connectivity index (χ1v) is 10.2. The summed E-state index contributed by atoms with van der Waals surface area (Å²) >= 11 is 3.42. The van der Waals surface area contributed by atoms with E-state index >= 15 is 0 Å². The number of hydrogen-bond donors (Lipinski definition) is 0. The van der Waals surface area contributed by atoms with Gasteiger partial charge >= 0.3 is 5.97 Å². The zero-order valence-electron chi connectivity index (χ0n) is 15.9. The number of benzene rings is 1. The summed E-state index contributed by atoms with van der Waals surface area (Å²) in [5.74, 6) is -4.66. The van der Waals surface area contributed by atoms with Gasteiger partial charge in [-0.1, -0.05) is 35.0 Å². The van der Waals surface area contributed by atoms with E-state index in [4.69, 9.17) is 24.5 Å². The molecule has 2 heterocycles. The van der Waals surface area contributed by atoms with E-state index in [1.807, 2.05) is 31.2 Å². The highest BCUT2D eigenvalue weighted by atomic mass is 79.9. The summed E-state index contributed by atoms with van der Waals surface area (Å²) in [4.78, 5) is 32.9. The molecule has 154 valence electrons. The van der Waals surface area contributed by atoms with Gasteiger partial charge in [-0.2, -0.15) is 0 Å². The fourth-order valence-corrected chi connectivity index (χ4v) is 4.26. The summed E-state index contributed by atoms with van der Waals surface area (Å²) in [6, 6.07) is 9.14. The molecule has 0 N–H and O–H groups in total. The van der Waals surface area contributed by atoms with E-state index in [-0.39, 0.29) is 18.0 Å². The second-order valence-electron chi connectivity index (χ2n) is 7.09. The van der Waals surface area contributed by atoms with Gasteiger partial charge in [0.1, 0.15) is 6.10 Å². The molecule has 2 fully saturated rings. The van der Waals surface area contributed by atoms with Crippen LogP contribution in [0.3, 0.4) is 0 Å². The van der Waals surface area contributed by atoms with Gasteiger partial charge in [0.25, 0.3) is 0 Å². The van der Waals surface area contributed by atoms with E-state index < -0.39 is 11.9 Å². The molecule has 0 amide bonds. The van der Waals surface area contributed by atoms with E-state index in [0.717, 1.165) is 29.4 Å². The second-order valence-corrected chi connectivity index (χ2v) is 8.01. The number of esters is 1. The lowest BCUT2D eigenvalue weighted by atomic mass is 9.98. The van der Waals surface area contributed by atoms with E-state index in [1.165, 1.54) is 12.8 Å². The average Bonchev–Trinajstić information content (AvgIpc) is 2.91. The maximum atomic E-state index is 12.4. The highest BCUT2D eigenvalue weighted by molar-refractivity contribution is 9.10. The van der Waals surface area contributed by atoms with Gasteiger partial charge < -0.3 is 24.5 Å². The summed E-state index contributed by atoms with van der Waals surface area (Å²) < 4.78 is 6.86. The largest absolute Gasteiger partial charge is 0.543 e. The number of nitrogens with zero attached hydrogens (tertiary/aromatic N) is 1. The summed E-state index contributed by atoms with van der Waals surface area (Å²) in [5, 5.41) is 17.9. The Bertz CT molecular complexity index is 681. The van der Waals surface area contributed by atoms with E-state index in [0.29, 0.717) is 12.1 Å². The van der Waals surface area contributed by atoms with Gasteiger partial charge in [-0.05, 0) is 44.0 Å². The number of hydrogen-bond acceptors (Lipinski definition) is 7. The molecule has 7 nitrogen and oxygen atoms in total. The minimum absolute atomic E-state index is 0.0864. The molecule has 3 rings (SSSR count). The number of carboxylic acid groups (broad SMARTS) is 2. The van der Waals surface area contributed by atoms with Crippen LogP contribution in [0.15, 0.2) is 28.7 Å². The van der Waals surface area contributed by atoms with Crippen LogP contribution in [0.5, 0.6) is 0 Å². The number of carbonyl (C=O) groups excluding carboxylic acids is 3. The number of fused-ring (bicyclic) bond motifs is 2. The number of piperidine rings is 1. The SMILES string of the molecule is CCN1C2CCC1CC(OC(=O)C(C)c1ccc(Br)cc1)C2.O=C([O-])C(=O)[O-]. The van der Waals surface area contributed by atoms with Crippen LogP contribution < -0.4 is 10.2 Å². The zero-order chi connectivity index (χ0) is 20.8. The summed E-state index contributed by atoms with van der Waals surface area (Å²) in [6.07, 6.45) is 4.63. The second kappa shape index (κ2) is 10.0. The predicted octanol–water partition coefficient (Wildman–Crippen LogP) is 0.597. The van der Waals surface area contributed by atoms with E-state index in [1.54, 1.807) is 0 Å². The topological polar surface area (TPSA) is 110 Å². The van der Waals surface area contributed by atoms with Crippen molar-refractivity contribution in [3.63, 3.8) is 0 Å². The Labute approximate surface area is 172 Å². The number of carboxylic acids is 2. The molecule has 0 spiro atoms. The summed E-state index contributed by atoms with van der Waals surface area (Å²) in [7, 11) is 0. The van der Waals surface area contributed by atoms with Crippen LogP contribution in [-0.4, -0.2) is 47.5 Å². The molecule has 1 aromatic rings. The molecule has 0 saturated carbocycles. The number of aliphatic carboxylic acids is 2. The molecule has 0 aliphatic carbocycles. The molecule has 8 heteroatoms. The van der Waals surface area contributed by atoms with Crippen LogP contribution in [0.2, 0.25) is 0 Å². The van der Waals surface area contributed by atoms with Crippen LogP contribution in [0.1, 0.15) is 51.0 Å². The van der Waals surface area contributed by atoms with Gasteiger partial charge in [-0.3, -0.25) is 9.69 Å². The Morgan fingerprint density at radius 1 is 1.11 bits per heavy atom. The van der Waals surface area contributed by atoms with Crippen molar-refractivity contribution in [3.05, 3.63) is 34.3 Å². The van der Waals surface area contributed by atoms with Gasteiger partial charge in [-0.15, -0.1) is 0 Å². The third-order valence-electron chi connectivity index (χ3n) is 5.38. The van der Waals surface area contributed by atoms with Gasteiger partial charge in [0.05, 0.1) is 17.9 Å². The fraction of sp³-hybridized carbons (Fsp3) is 0.550. The van der Waals surface area contributed by atoms with E-state index in [2.05, 4.69) is 27.8 Å². The first-order valence-electron chi connectivity index (χ1n) is 9.36. The summed E-state index contributed by atoms with van der Waals surface area (Å²) in [5.41, 5.74) is 1.02. The Kier molecular flexibility index (Phi) is 8.00. The van der Waals surface area contributed by atoms with Crippen molar-refractivity contribution in [2.75, 3.05) is 6.54 Å². The number of halogens is 1. The van der Waals surface area contributed by atoms with Gasteiger partial charge in [0.2, 0.25) is 0 Å². The van der Waals surface area contributed by atoms with Crippen molar-refractivity contribution in [3.8, 4) is 0 Å². The third kappa shape index (κ3) is 5.78. The Balaban J connectivity index is 0.000000409. The van der Waals surface area contributed by atoms with Crippen molar-refractivity contribution < 1.29 is 29.3 Å². The molecule has 2 aliphatic rings. The third-order valence-corrected chi connectivity index (χ3v) is 5.91. The predicted molar refractivity (Wildman–Crippen MR) is 101 cm³/mol. The Morgan fingerprint density at radius 3 is 2.04 bits per heavy atom. The first-order chi connectivity index (χ1) is 13.2. The molecule has 3 unspecified atom stereocenters. The van der Waals surface area contributed by atoms with Crippen LogP contribution in [0, 0.1) is 0 Å². The number of carbonyl (C=O) groups is 3. The van der Waals surface area contributed by atoms with Crippen molar-refractivity contribution in [2.24, 2.45) is 0 Å². The molecule has 2 bridgehead atoms. The highest BCUT2D eigenvalue weighted by Crippen LogP contribution is 2.37. The Morgan fingerprint density at radius 2 is 1.61 bits per heavy atom. The highest BCUT2D eigenvalue weighted by Gasteiger charge is 2.41. The molecule has 1 aromatic carbocycles. The van der Waals surface area contributed by atoms with Crippen molar-refractivity contribution >= 4 is 33.8 Å². The van der Waals surface area contributed by atoms with Crippen LogP contribution in [-0.2, 0) is 19.1 Å². The van der Waals surface area contributed by atoms with Crippen LogP contribution in [0.25, 0.3) is 0 Å². The molecular formula is C20H24BrNO6-2. The van der Waals surface area contributed by atoms with Crippen molar-refractivity contribution in [2.45, 2.75) is 63.6 Å². The number of ether oxygens (including phenoxy) is 1. The lowest BCUT2D eigenvalue weighted by molar-refractivity contribution is -0.345. The van der Waals surface area contributed by atoms with Gasteiger partial charge in [0, 0.05) is 29.4 Å². The summed E-state index contributed by atoms with van der Waals surface area (Å²) in [6.45, 7) is 5.28. The zero-order valence-corrected chi connectivity index (χ0v) is 17.5. The molecule has 3 atom stereocenters.